The molecule has 0 radical (unpaired) electrons. The number of halogens is 1. The smallest absolute Gasteiger partial charge is 0.265 e. The van der Waals surface area contributed by atoms with Gasteiger partial charge in [-0.25, -0.2) is 12.8 Å². The molecule has 0 amide bonds. The molecule has 3 rings (SSSR count). The van der Waals surface area contributed by atoms with E-state index in [1.165, 1.54) is 18.2 Å². The molecule has 0 unspecified atom stereocenters. The third kappa shape index (κ3) is 2.85. The molecule has 0 aliphatic heterocycles. The Morgan fingerprint density at radius 3 is 2.64 bits per heavy atom. The minimum atomic E-state index is -3.85. The van der Waals surface area contributed by atoms with Crippen LogP contribution in [0.15, 0.2) is 35.4 Å². The Hall–Kier alpha value is -1.89. The first-order valence-electron chi connectivity index (χ1n) is 7.30. The number of sulfonamides is 1. The van der Waals surface area contributed by atoms with Gasteiger partial charge in [-0.1, -0.05) is 25.0 Å². The lowest BCUT2D eigenvalue weighted by atomic mass is 10.3. The van der Waals surface area contributed by atoms with Crippen molar-refractivity contribution in [1.29, 1.82) is 0 Å². The lowest BCUT2D eigenvalue weighted by molar-refractivity contribution is 0.464. The maximum absolute atomic E-state index is 13.6. The number of anilines is 1. The van der Waals surface area contributed by atoms with Gasteiger partial charge in [-0.15, -0.1) is 0 Å². The van der Waals surface area contributed by atoms with E-state index in [0.29, 0.717) is 5.69 Å². The second kappa shape index (κ2) is 5.72. The van der Waals surface area contributed by atoms with E-state index in [2.05, 4.69) is 9.82 Å². The van der Waals surface area contributed by atoms with Crippen LogP contribution in [0.3, 0.4) is 0 Å². The maximum Gasteiger partial charge on any atom is 0.265 e. The highest BCUT2D eigenvalue weighted by Gasteiger charge is 2.25. The molecular weight excluding hydrogens is 305 g/mol. The Morgan fingerprint density at radius 2 is 1.95 bits per heavy atom. The Labute approximate surface area is 129 Å². The molecule has 0 spiro atoms. The van der Waals surface area contributed by atoms with E-state index in [1.807, 2.05) is 0 Å². The molecule has 1 saturated carbocycles. The summed E-state index contributed by atoms with van der Waals surface area (Å²) in [6.07, 6.45) is 5.86. The fourth-order valence-corrected chi connectivity index (χ4v) is 4.07. The van der Waals surface area contributed by atoms with E-state index >= 15 is 0 Å². The molecule has 2 aromatic rings. The molecule has 0 atom stereocenters. The number of rotatable bonds is 4. The Kier molecular flexibility index (Phi) is 3.90. The largest absolute Gasteiger partial charge is 0.277 e. The van der Waals surface area contributed by atoms with Crippen LogP contribution in [0.25, 0.3) is 0 Å². The van der Waals surface area contributed by atoms with E-state index in [4.69, 9.17) is 0 Å². The zero-order valence-electron chi connectivity index (χ0n) is 12.3. The van der Waals surface area contributed by atoms with E-state index in [9.17, 15) is 12.8 Å². The number of nitrogens with zero attached hydrogens (tertiary/aromatic N) is 2. The molecule has 1 aromatic carbocycles. The van der Waals surface area contributed by atoms with Gasteiger partial charge in [0.1, 0.15) is 10.7 Å². The van der Waals surface area contributed by atoms with E-state index in [-0.39, 0.29) is 16.6 Å². The van der Waals surface area contributed by atoms with Crippen LogP contribution in [0, 0.1) is 12.7 Å². The third-order valence-electron chi connectivity index (χ3n) is 3.98. The zero-order chi connectivity index (χ0) is 15.7. The van der Waals surface area contributed by atoms with Gasteiger partial charge in [-0.05, 0) is 31.9 Å². The highest BCUT2D eigenvalue weighted by Crippen LogP contribution is 2.30. The second-order valence-electron chi connectivity index (χ2n) is 5.58. The molecule has 0 bridgehead atoms. The van der Waals surface area contributed by atoms with Crippen LogP contribution in [0.1, 0.15) is 37.4 Å². The van der Waals surface area contributed by atoms with Crippen molar-refractivity contribution in [3.63, 3.8) is 0 Å². The molecule has 5 nitrogen and oxygen atoms in total. The van der Waals surface area contributed by atoms with Crippen LogP contribution in [0.5, 0.6) is 0 Å². The zero-order valence-corrected chi connectivity index (χ0v) is 13.1. The highest BCUT2D eigenvalue weighted by molar-refractivity contribution is 7.92. The standard InChI is InChI=1S/C15H18FN3O2S/c1-11-15(10-19(17-11)12-6-2-3-7-12)22(20,21)18-14-9-5-4-8-13(14)16/h4-5,8-10,12,18H,2-3,6-7H2,1H3. The molecule has 1 heterocycles. The molecule has 1 aliphatic rings. The van der Waals surface area contributed by atoms with Gasteiger partial charge in [-0.2, -0.15) is 5.10 Å². The van der Waals surface area contributed by atoms with Gasteiger partial charge < -0.3 is 0 Å². The summed E-state index contributed by atoms with van der Waals surface area (Å²) in [6.45, 7) is 1.65. The monoisotopic (exact) mass is 323 g/mol. The topological polar surface area (TPSA) is 64.0 Å². The number of hydrogen-bond acceptors (Lipinski definition) is 3. The van der Waals surface area contributed by atoms with Crippen molar-refractivity contribution in [3.05, 3.63) is 42.0 Å². The molecule has 7 heteroatoms. The van der Waals surface area contributed by atoms with Crippen molar-refractivity contribution in [1.82, 2.24) is 9.78 Å². The maximum atomic E-state index is 13.6. The lowest BCUT2D eigenvalue weighted by Gasteiger charge is -2.09. The number of benzene rings is 1. The van der Waals surface area contributed by atoms with Crippen LogP contribution in [-0.2, 0) is 10.0 Å². The van der Waals surface area contributed by atoms with Crippen LogP contribution in [-0.4, -0.2) is 18.2 Å². The van der Waals surface area contributed by atoms with Crippen LogP contribution < -0.4 is 4.72 Å². The fraction of sp³-hybridized carbons (Fsp3) is 0.400. The summed E-state index contributed by atoms with van der Waals surface area (Å²) in [5.41, 5.74) is 0.367. The van der Waals surface area contributed by atoms with Crippen molar-refractivity contribution in [2.24, 2.45) is 0 Å². The van der Waals surface area contributed by atoms with Gasteiger partial charge in [0.05, 0.1) is 17.4 Å². The molecular formula is C15H18FN3O2S. The van der Waals surface area contributed by atoms with Gasteiger partial charge in [0, 0.05) is 6.20 Å². The average Bonchev–Trinajstić information content (AvgIpc) is 3.10. The summed E-state index contributed by atoms with van der Waals surface area (Å²) in [5, 5.41) is 4.33. The second-order valence-corrected chi connectivity index (χ2v) is 7.23. The van der Waals surface area contributed by atoms with E-state index < -0.39 is 15.8 Å². The first-order chi connectivity index (χ1) is 10.5. The fourth-order valence-electron chi connectivity index (χ4n) is 2.83. The van der Waals surface area contributed by atoms with Crippen molar-refractivity contribution >= 4 is 15.7 Å². The summed E-state index contributed by atoms with van der Waals surface area (Å²) in [7, 11) is -3.85. The summed E-state index contributed by atoms with van der Waals surface area (Å²) < 4.78 is 42.6. The van der Waals surface area contributed by atoms with E-state index in [0.717, 1.165) is 25.7 Å². The van der Waals surface area contributed by atoms with Gasteiger partial charge in [-0.3, -0.25) is 9.40 Å². The Bertz CT molecular complexity index is 780. The molecule has 1 aromatic heterocycles. The Morgan fingerprint density at radius 1 is 1.27 bits per heavy atom. The van der Waals surface area contributed by atoms with Crippen LogP contribution in [0.4, 0.5) is 10.1 Å². The normalized spacial score (nSPS) is 16.1. The van der Waals surface area contributed by atoms with Gasteiger partial charge in [0.15, 0.2) is 0 Å². The highest BCUT2D eigenvalue weighted by atomic mass is 32.2. The van der Waals surface area contributed by atoms with Crippen molar-refractivity contribution in [3.8, 4) is 0 Å². The number of hydrogen-bond donors (Lipinski definition) is 1. The summed E-state index contributed by atoms with van der Waals surface area (Å²) in [4.78, 5) is 0.0997. The quantitative estimate of drug-likeness (QED) is 0.939. The van der Waals surface area contributed by atoms with Crippen molar-refractivity contribution in [2.45, 2.75) is 43.5 Å². The molecule has 118 valence electrons. The lowest BCUT2D eigenvalue weighted by Crippen LogP contribution is -2.14. The molecule has 1 fully saturated rings. The van der Waals surface area contributed by atoms with Gasteiger partial charge >= 0.3 is 0 Å². The Balaban J connectivity index is 1.90. The average molecular weight is 323 g/mol. The predicted octanol–water partition coefficient (Wildman–Crippen LogP) is 3.25. The van der Waals surface area contributed by atoms with Crippen LogP contribution in [0.2, 0.25) is 0 Å². The minimum Gasteiger partial charge on any atom is -0.277 e. The van der Waals surface area contributed by atoms with Gasteiger partial charge in [0.25, 0.3) is 10.0 Å². The van der Waals surface area contributed by atoms with Crippen LogP contribution >= 0.6 is 0 Å². The predicted molar refractivity (Wildman–Crippen MR) is 81.7 cm³/mol. The number of aryl methyl sites for hydroxylation is 1. The SMILES string of the molecule is Cc1nn(C2CCCC2)cc1S(=O)(=O)Nc1ccccc1F. The summed E-state index contributed by atoms with van der Waals surface area (Å²) in [6, 6.07) is 5.96. The first kappa shape index (κ1) is 15.0. The molecule has 0 saturated heterocycles. The number of para-hydroxylation sites is 1. The minimum absolute atomic E-state index is 0.0597. The molecule has 1 N–H and O–H groups in total. The number of nitrogens with one attached hydrogen (secondary N) is 1. The van der Waals surface area contributed by atoms with Gasteiger partial charge in [0.2, 0.25) is 0 Å². The number of aromatic nitrogens is 2. The third-order valence-corrected chi connectivity index (χ3v) is 5.45. The molecule has 22 heavy (non-hydrogen) atoms. The van der Waals surface area contributed by atoms with Crippen molar-refractivity contribution in [2.75, 3.05) is 4.72 Å². The molecule has 1 aliphatic carbocycles. The first-order valence-corrected chi connectivity index (χ1v) is 8.79. The summed E-state index contributed by atoms with van der Waals surface area (Å²) in [5.74, 6) is -0.605. The van der Waals surface area contributed by atoms with Crippen molar-refractivity contribution < 1.29 is 12.8 Å². The van der Waals surface area contributed by atoms with E-state index in [1.54, 1.807) is 23.9 Å². The summed E-state index contributed by atoms with van der Waals surface area (Å²) >= 11 is 0.